The van der Waals surface area contributed by atoms with Crippen molar-refractivity contribution in [2.45, 2.75) is 47.9 Å². The molecule has 27 heavy (non-hydrogen) atoms. The van der Waals surface area contributed by atoms with Gasteiger partial charge in [-0.1, -0.05) is 0 Å². The van der Waals surface area contributed by atoms with Gasteiger partial charge in [0, 0.05) is 0 Å². The summed E-state index contributed by atoms with van der Waals surface area (Å²) in [4.78, 5) is 0. The lowest BCUT2D eigenvalue weighted by Gasteiger charge is -2.41. The van der Waals surface area contributed by atoms with Crippen molar-refractivity contribution >= 4 is 13.5 Å². The van der Waals surface area contributed by atoms with E-state index in [1.807, 2.05) is 0 Å². The van der Waals surface area contributed by atoms with Crippen molar-refractivity contribution in [1.29, 1.82) is 0 Å². The van der Waals surface area contributed by atoms with E-state index < -0.39 is 47.9 Å². The average Bonchev–Trinajstić information content (AvgIpc) is 2.34. The van der Waals surface area contributed by atoms with Crippen LogP contribution in [0, 0.1) is 0 Å². The largest absolute Gasteiger partial charge is 0.460 e. The molecule has 166 valence electrons. The van der Waals surface area contributed by atoms with Gasteiger partial charge in [0.25, 0.3) is 0 Å². The molecule has 0 aliphatic rings. The Labute approximate surface area is 141 Å². The fourth-order valence-electron chi connectivity index (χ4n) is 1.14. The third-order valence-corrected chi connectivity index (χ3v) is 2.68. The summed E-state index contributed by atoms with van der Waals surface area (Å²) < 4.78 is 221. The zero-order valence-electron chi connectivity index (χ0n) is 11.3. The predicted octanol–water partition coefficient (Wildman–Crippen LogP) is 6.04. The molecular formula is C8H2F18S. The molecule has 0 nitrogen and oxygen atoms in total. The second kappa shape index (κ2) is 6.57. The van der Waals surface area contributed by atoms with E-state index in [1.54, 1.807) is 0 Å². The highest BCUT2D eigenvalue weighted by atomic mass is 32.1. The van der Waals surface area contributed by atoms with E-state index in [2.05, 4.69) is 0 Å². The van der Waals surface area contributed by atoms with Gasteiger partial charge in [0.1, 0.15) is 0 Å². The molecule has 0 aliphatic carbocycles. The molecule has 0 saturated heterocycles. The molecule has 0 aromatic carbocycles. The van der Waals surface area contributed by atoms with Crippen molar-refractivity contribution in [3.8, 4) is 0 Å². The number of rotatable bonds is 5. The van der Waals surface area contributed by atoms with Crippen LogP contribution < -0.4 is 0 Å². The predicted molar refractivity (Wildman–Crippen MR) is 52.2 cm³/mol. The van der Waals surface area contributed by atoms with Gasteiger partial charge in [-0.25, -0.2) is 0 Å². The van der Waals surface area contributed by atoms with Gasteiger partial charge in [0.15, 0.2) is 0 Å². The van der Waals surface area contributed by atoms with Crippen LogP contribution in [0.2, 0.25) is 0 Å². The van der Waals surface area contributed by atoms with E-state index in [1.165, 1.54) is 0 Å². The number of alkyl halides is 18. The Hall–Kier alpha value is -0.910. The first kappa shape index (κ1) is 28.3. The highest BCUT2D eigenvalue weighted by Gasteiger charge is 2.95. The van der Waals surface area contributed by atoms with E-state index >= 15 is 0 Å². The van der Waals surface area contributed by atoms with Crippen molar-refractivity contribution in [2.75, 3.05) is 0 Å². The minimum Gasteiger partial charge on any atom is -0.197 e. The van der Waals surface area contributed by atoms with Gasteiger partial charge in [-0.3, -0.25) is 0 Å². The van der Waals surface area contributed by atoms with Crippen LogP contribution in [0.25, 0.3) is 0 Å². The first-order chi connectivity index (χ1) is 10.8. The molecule has 0 radical (unpaired) electrons. The summed E-state index contributed by atoms with van der Waals surface area (Å²) in [5.41, 5.74) is 0. The van der Waals surface area contributed by atoms with Crippen LogP contribution in [0.1, 0.15) is 0 Å². The third kappa shape index (κ3) is 3.47. The van der Waals surface area contributed by atoms with Gasteiger partial charge in [-0.05, 0) is 0 Å². The zero-order valence-corrected chi connectivity index (χ0v) is 12.3. The fraction of sp³-hybridized carbons (Fsp3) is 1.00. The van der Waals surface area contributed by atoms with Crippen LogP contribution >= 0.6 is 13.5 Å². The Morgan fingerprint density at radius 2 is 0.333 bits per heavy atom. The maximum atomic E-state index is 12.8. The van der Waals surface area contributed by atoms with E-state index in [9.17, 15) is 79.0 Å². The summed E-state index contributed by atoms with van der Waals surface area (Å²) in [5.74, 6) is -51.0. The Morgan fingerprint density at radius 1 is 0.222 bits per heavy atom. The molecule has 0 spiro atoms. The van der Waals surface area contributed by atoms with E-state index in [0.29, 0.717) is 0 Å². The van der Waals surface area contributed by atoms with E-state index in [0.717, 1.165) is 0 Å². The first-order valence-corrected chi connectivity index (χ1v) is 5.15. The molecule has 0 rings (SSSR count). The molecule has 0 bridgehead atoms. The molecule has 0 N–H and O–H groups in total. The quantitative estimate of drug-likeness (QED) is 0.429. The lowest BCUT2D eigenvalue weighted by atomic mass is 9.91. The molecule has 19 heteroatoms. The molecule has 0 heterocycles. The van der Waals surface area contributed by atoms with Gasteiger partial charge in [-0.2, -0.15) is 92.5 Å². The second-order valence-electron chi connectivity index (χ2n) is 4.44. The van der Waals surface area contributed by atoms with Crippen LogP contribution in [0.3, 0.4) is 0 Å². The first-order valence-electron chi connectivity index (χ1n) is 5.15. The summed E-state index contributed by atoms with van der Waals surface area (Å²) in [6.45, 7) is 0. The summed E-state index contributed by atoms with van der Waals surface area (Å²) >= 11 is 0. The van der Waals surface area contributed by atoms with Crippen LogP contribution in [0.15, 0.2) is 0 Å². The number of hydrogen-bond donors (Lipinski definition) is 0. The Bertz CT molecular complexity index is 474. The normalized spacial score (nSPS) is 16.2. The highest BCUT2D eigenvalue weighted by molar-refractivity contribution is 7.59. The van der Waals surface area contributed by atoms with Gasteiger partial charge < -0.3 is 0 Å². The topological polar surface area (TPSA) is 0 Å². The maximum absolute atomic E-state index is 12.8. The van der Waals surface area contributed by atoms with Crippen LogP contribution in [0.4, 0.5) is 79.0 Å². The van der Waals surface area contributed by atoms with Crippen molar-refractivity contribution in [2.24, 2.45) is 0 Å². The standard InChI is InChI=1S/C8F18.H2S/c9-1(10,3(13,14)5(17,18)7(21,22)23)2(11,12)4(15,16)6(19,20)8(24,25)26;/h;1H2. The fourth-order valence-corrected chi connectivity index (χ4v) is 1.14. The van der Waals surface area contributed by atoms with Crippen molar-refractivity contribution in [3.05, 3.63) is 0 Å². The molecular weight excluding hydrogens is 470 g/mol. The molecule has 0 atom stereocenters. The number of hydrogen-bond acceptors (Lipinski definition) is 0. The van der Waals surface area contributed by atoms with Crippen molar-refractivity contribution in [3.63, 3.8) is 0 Å². The second-order valence-corrected chi connectivity index (χ2v) is 4.44. The number of halogens is 18. The lowest BCUT2D eigenvalue weighted by molar-refractivity contribution is -0.468. The molecule has 0 fully saturated rings. The molecule has 0 unspecified atom stereocenters. The van der Waals surface area contributed by atoms with Crippen LogP contribution in [-0.4, -0.2) is 47.9 Å². The average molecular weight is 472 g/mol. The minimum atomic E-state index is -8.72. The Kier molecular flexibility index (Phi) is 6.88. The van der Waals surface area contributed by atoms with E-state index in [-0.39, 0.29) is 13.5 Å². The zero-order chi connectivity index (χ0) is 22.0. The minimum absolute atomic E-state index is 0. The summed E-state index contributed by atoms with van der Waals surface area (Å²) in [7, 11) is 0. The van der Waals surface area contributed by atoms with Crippen LogP contribution in [-0.2, 0) is 0 Å². The SMILES string of the molecule is FC(F)(F)C(F)(F)C(F)(F)C(F)(F)C(F)(F)C(F)(F)C(F)(F)C(F)(F)F.S. The van der Waals surface area contributed by atoms with E-state index in [4.69, 9.17) is 0 Å². The van der Waals surface area contributed by atoms with Crippen molar-refractivity contribution < 1.29 is 79.0 Å². The maximum Gasteiger partial charge on any atom is 0.460 e. The van der Waals surface area contributed by atoms with Gasteiger partial charge in [0.2, 0.25) is 0 Å². The smallest absolute Gasteiger partial charge is 0.197 e. The Morgan fingerprint density at radius 3 is 0.444 bits per heavy atom. The van der Waals surface area contributed by atoms with Gasteiger partial charge in [0.05, 0.1) is 0 Å². The molecule has 0 aliphatic heterocycles. The summed E-state index contributed by atoms with van der Waals surface area (Å²) in [6.07, 6.45) is -15.6. The summed E-state index contributed by atoms with van der Waals surface area (Å²) in [6, 6.07) is 0. The Balaban J connectivity index is 0. The van der Waals surface area contributed by atoms with Crippen LogP contribution in [0.5, 0.6) is 0 Å². The summed E-state index contributed by atoms with van der Waals surface area (Å²) in [5, 5.41) is 0. The lowest BCUT2D eigenvalue weighted by Crippen LogP contribution is -2.74. The molecule has 0 aromatic heterocycles. The van der Waals surface area contributed by atoms with Gasteiger partial charge >= 0.3 is 47.9 Å². The molecule has 0 aromatic rings. The van der Waals surface area contributed by atoms with Gasteiger partial charge in [-0.15, -0.1) is 0 Å². The molecule has 0 saturated carbocycles. The molecule has 0 amide bonds. The monoisotopic (exact) mass is 472 g/mol. The third-order valence-electron chi connectivity index (χ3n) is 2.68. The van der Waals surface area contributed by atoms with Crippen molar-refractivity contribution in [1.82, 2.24) is 0 Å². The highest BCUT2D eigenvalue weighted by Crippen LogP contribution is 2.63.